The van der Waals surface area contributed by atoms with E-state index in [0.717, 1.165) is 22.2 Å². The largest absolute Gasteiger partial charge is 0.293 e. The van der Waals surface area contributed by atoms with Gasteiger partial charge in [0.15, 0.2) is 5.78 Å². The molecule has 0 saturated carbocycles. The number of carbonyl (C=O) groups is 1. The molecule has 0 amide bonds. The number of alkyl halides is 1. The lowest BCUT2D eigenvalue weighted by molar-refractivity contribution is 0.0982. The summed E-state index contributed by atoms with van der Waals surface area (Å²) in [6, 6.07) is 1.93. The van der Waals surface area contributed by atoms with Crippen LogP contribution < -0.4 is 0 Å². The first-order valence-corrected chi connectivity index (χ1v) is 6.17. The number of hydrogen-bond acceptors (Lipinski definition) is 2. The van der Waals surface area contributed by atoms with Gasteiger partial charge in [0.2, 0.25) is 0 Å². The first-order chi connectivity index (χ1) is 5.68. The first-order valence-electron chi connectivity index (χ1n) is 3.65. The van der Waals surface area contributed by atoms with E-state index in [2.05, 4.69) is 31.9 Å². The number of ketones is 1. The molecule has 1 aromatic heterocycles. The number of fused-ring (bicyclic) bond motifs is 1. The maximum absolute atomic E-state index is 11.6. The second-order valence-corrected chi connectivity index (χ2v) is 6.38. The van der Waals surface area contributed by atoms with E-state index in [0.29, 0.717) is 0 Å². The maximum atomic E-state index is 11.6. The summed E-state index contributed by atoms with van der Waals surface area (Å²) in [4.78, 5) is 12.8. The van der Waals surface area contributed by atoms with Gasteiger partial charge in [-0.2, -0.15) is 0 Å². The summed E-state index contributed by atoms with van der Waals surface area (Å²) in [5.74, 6) is 0.234. The van der Waals surface area contributed by atoms with Crippen LogP contribution in [0.3, 0.4) is 0 Å². The fourth-order valence-corrected chi connectivity index (χ4v) is 3.54. The highest BCUT2D eigenvalue weighted by atomic mass is 79.9. The van der Waals surface area contributed by atoms with Crippen LogP contribution in [0.4, 0.5) is 0 Å². The van der Waals surface area contributed by atoms with Gasteiger partial charge in [-0.15, -0.1) is 11.3 Å². The Kier molecular flexibility index (Phi) is 2.40. The van der Waals surface area contributed by atoms with E-state index in [9.17, 15) is 4.79 Å². The van der Waals surface area contributed by atoms with Crippen LogP contribution in [0.5, 0.6) is 0 Å². The van der Waals surface area contributed by atoms with Gasteiger partial charge in [-0.25, -0.2) is 0 Å². The van der Waals surface area contributed by atoms with Crippen molar-refractivity contribution in [2.24, 2.45) is 0 Å². The van der Waals surface area contributed by atoms with Crippen molar-refractivity contribution in [1.29, 1.82) is 0 Å². The van der Waals surface area contributed by atoms with E-state index < -0.39 is 0 Å². The fraction of sp³-hybridized carbons (Fsp3) is 0.375. The van der Waals surface area contributed by atoms with Gasteiger partial charge in [-0.3, -0.25) is 4.79 Å². The number of thiophene rings is 1. The number of Topliss-reactive ketones (excluding diaryl/α,β-unsaturated/α-hetero) is 1. The zero-order chi connectivity index (χ0) is 8.72. The normalized spacial score (nSPS) is 22.5. The Balaban J connectivity index is 2.48. The molecule has 1 atom stereocenters. The van der Waals surface area contributed by atoms with Crippen molar-refractivity contribution >= 4 is 49.0 Å². The number of carbonyl (C=O) groups excluding carboxylic acids is 1. The molecule has 0 radical (unpaired) electrons. The monoisotopic (exact) mass is 308 g/mol. The number of hydrogen-bond donors (Lipinski definition) is 0. The van der Waals surface area contributed by atoms with Crippen LogP contribution in [0.1, 0.15) is 21.7 Å². The molecule has 1 aromatic rings. The van der Waals surface area contributed by atoms with Crippen molar-refractivity contribution in [3.63, 3.8) is 0 Å². The van der Waals surface area contributed by atoms with Gasteiger partial charge in [0, 0.05) is 10.4 Å². The molecule has 64 valence electrons. The van der Waals surface area contributed by atoms with Crippen LogP contribution in [-0.4, -0.2) is 10.6 Å². The Labute approximate surface area is 91.4 Å². The fourth-order valence-electron chi connectivity index (χ4n) is 1.35. The molecular weight excluding hydrogens is 304 g/mol. The van der Waals surface area contributed by atoms with E-state index in [1.165, 1.54) is 4.88 Å². The minimum absolute atomic E-state index is 0.0338. The average Bonchev–Trinajstić information content (AvgIpc) is 2.39. The summed E-state index contributed by atoms with van der Waals surface area (Å²) in [7, 11) is 0. The van der Waals surface area contributed by atoms with E-state index in [4.69, 9.17) is 0 Å². The standard InChI is InChI=1S/C8H6Br2OS/c9-5-1-2-6-4(8(5)11)3-7(10)12-6/h3,5H,1-2H2. The molecule has 4 heteroatoms. The van der Waals surface area contributed by atoms with E-state index >= 15 is 0 Å². The van der Waals surface area contributed by atoms with Crippen molar-refractivity contribution < 1.29 is 4.79 Å². The molecular formula is C8H6Br2OS. The van der Waals surface area contributed by atoms with Crippen LogP contribution in [0, 0.1) is 0 Å². The van der Waals surface area contributed by atoms with Crippen LogP contribution in [0.2, 0.25) is 0 Å². The minimum Gasteiger partial charge on any atom is -0.293 e. The van der Waals surface area contributed by atoms with E-state index in [1.54, 1.807) is 11.3 Å². The summed E-state index contributed by atoms with van der Waals surface area (Å²) in [5.41, 5.74) is 0.903. The smallest absolute Gasteiger partial charge is 0.177 e. The van der Waals surface area contributed by atoms with Crippen LogP contribution in [0.25, 0.3) is 0 Å². The van der Waals surface area contributed by atoms with Gasteiger partial charge >= 0.3 is 0 Å². The molecule has 0 aliphatic heterocycles. The molecule has 2 rings (SSSR count). The number of aryl methyl sites for hydroxylation is 1. The summed E-state index contributed by atoms with van der Waals surface area (Å²) in [6.45, 7) is 0. The highest BCUT2D eigenvalue weighted by molar-refractivity contribution is 9.11. The molecule has 0 aromatic carbocycles. The molecule has 0 bridgehead atoms. The quantitative estimate of drug-likeness (QED) is 0.671. The maximum Gasteiger partial charge on any atom is 0.177 e. The Morgan fingerprint density at radius 1 is 1.58 bits per heavy atom. The van der Waals surface area contributed by atoms with Gasteiger partial charge < -0.3 is 0 Å². The highest BCUT2D eigenvalue weighted by Gasteiger charge is 2.26. The van der Waals surface area contributed by atoms with Crippen molar-refractivity contribution in [2.45, 2.75) is 17.7 Å². The molecule has 0 N–H and O–H groups in total. The third-order valence-electron chi connectivity index (χ3n) is 1.95. The van der Waals surface area contributed by atoms with Crippen LogP contribution in [0.15, 0.2) is 9.85 Å². The Bertz CT molecular complexity index is 332. The lowest BCUT2D eigenvalue weighted by atomic mass is 9.98. The molecule has 1 aliphatic rings. The van der Waals surface area contributed by atoms with Crippen molar-refractivity contribution in [3.8, 4) is 0 Å². The number of rotatable bonds is 0. The summed E-state index contributed by atoms with van der Waals surface area (Å²) in [5, 5.41) is 0. The molecule has 1 aliphatic carbocycles. The summed E-state index contributed by atoms with van der Waals surface area (Å²) < 4.78 is 1.06. The van der Waals surface area contributed by atoms with E-state index in [-0.39, 0.29) is 10.6 Å². The van der Waals surface area contributed by atoms with Gasteiger partial charge in [0.05, 0.1) is 8.61 Å². The second-order valence-electron chi connectivity index (χ2n) is 2.76. The van der Waals surface area contributed by atoms with Crippen molar-refractivity contribution in [2.75, 3.05) is 0 Å². The second kappa shape index (κ2) is 3.24. The minimum atomic E-state index is 0.0338. The molecule has 1 unspecified atom stereocenters. The Hall–Kier alpha value is 0.330. The predicted molar refractivity (Wildman–Crippen MR) is 57.4 cm³/mol. The SMILES string of the molecule is O=C1c2cc(Br)sc2CCC1Br. The molecule has 1 nitrogen and oxygen atoms in total. The zero-order valence-corrected chi connectivity index (χ0v) is 10.1. The lowest BCUT2D eigenvalue weighted by Crippen LogP contribution is -2.20. The highest BCUT2D eigenvalue weighted by Crippen LogP contribution is 2.34. The van der Waals surface area contributed by atoms with Gasteiger partial charge in [-0.05, 0) is 34.8 Å². The topological polar surface area (TPSA) is 17.1 Å². The van der Waals surface area contributed by atoms with Gasteiger partial charge in [0.1, 0.15) is 0 Å². The van der Waals surface area contributed by atoms with Crippen LogP contribution >= 0.6 is 43.2 Å². The third kappa shape index (κ3) is 1.40. The van der Waals surface area contributed by atoms with Crippen molar-refractivity contribution in [1.82, 2.24) is 0 Å². The first kappa shape index (κ1) is 8.91. The average molecular weight is 310 g/mol. The summed E-state index contributed by atoms with van der Waals surface area (Å²) in [6.07, 6.45) is 1.95. The Morgan fingerprint density at radius 3 is 3.08 bits per heavy atom. The summed E-state index contributed by atoms with van der Waals surface area (Å²) >= 11 is 8.43. The molecule has 0 fully saturated rings. The molecule has 0 saturated heterocycles. The third-order valence-corrected chi connectivity index (χ3v) is 4.53. The van der Waals surface area contributed by atoms with Gasteiger partial charge in [0.25, 0.3) is 0 Å². The van der Waals surface area contributed by atoms with Crippen LogP contribution in [-0.2, 0) is 6.42 Å². The number of halogens is 2. The predicted octanol–water partition coefficient (Wildman–Crippen LogP) is 3.40. The van der Waals surface area contributed by atoms with Crippen molar-refractivity contribution in [3.05, 3.63) is 20.3 Å². The van der Waals surface area contributed by atoms with E-state index in [1.807, 2.05) is 6.07 Å². The Morgan fingerprint density at radius 2 is 2.33 bits per heavy atom. The lowest BCUT2D eigenvalue weighted by Gasteiger charge is -2.14. The zero-order valence-electron chi connectivity index (χ0n) is 6.14. The van der Waals surface area contributed by atoms with Gasteiger partial charge in [-0.1, -0.05) is 15.9 Å². The molecule has 0 spiro atoms. The molecule has 12 heavy (non-hydrogen) atoms. The molecule has 1 heterocycles.